The molecular weight excluding hydrogens is 174 g/mol. The zero-order valence-corrected chi connectivity index (χ0v) is 8.20. The van der Waals surface area contributed by atoms with Gasteiger partial charge in [0.15, 0.2) is 0 Å². The van der Waals surface area contributed by atoms with E-state index < -0.39 is 0 Å². The van der Waals surface area contributed by atoms with Crippen LogP contribution in [0.5, 0.6) is 0 Å². The van der Waals surface area contributed by atoms with Gasteiger partial charge in [0.05, 0.1) is 26.4 Å². The highest BCUT2D eigenvalue weighted by Gasteiger charge is 1.94. The monoisotopic (exact) mass is 191 g/mol. The normalized spacial score (nSPS) is 24.0. The lowest BCUT2D eigenvalue weighted by Gasteiger charge is -2.09. The minimum absolute atomic E-state index is 0.778. The van der Waals surface area contributed by atoms with Crippen molar-refractivity contribution in [2.24, 2.45) is 0 Å². The second kappa shape index (κ2) is 7.86. The smallest absolute Gasteiger partial charge is 0.0701 e. The predicted octanol–water partition coefficient (Wildman–Crippen LogP) is 0.356. The zero-order chi connectivity index (χ0) is 8.49. The van der Waals surface area contributed by atoms with Crippen LogP contribution < -0.4 is 5.32 Å². The maximum absolute atomic E-state index is 4.94. The average Bonchev–Trinajstić information content (AvgIpc) is 2.24. The Balaban J connectivity index is 0.000000120. The van der Waals surface area contributed by atoms with Crippen molar-refractivity contribution >= 4 is 11.8 Å². The summed E-state index contributed by atoms with van der Waals surface area (Å²) >= 11 is 2.03. The Morgan fingerprint density at radius 2 is 1.33 bits per heavy atom. The molecule has 2 rings (SSSR count). The number of thioether (sulfide) groups is 1. The largest absolute Gasteiger partial charge is 0.377 e. The van der Waals surface area contributed by atoms with Gasteiger partial charge >= 0.3 is 0 Å². The molecule has 1 N–H and O–H groups in total. The van der Waals surface area contributed by atoms with Crippen molar-refractivity contribution in [3.63, 3.8) is 0 Å². The van der Waals surface area contributed by atoms with E-state index >= 15 is 0 Å². The molecule has 0 radical (unpaired) electrons. The molecule has 0 aliphatic carbocycles. The highest BCUT2D eigenvalue weighted by molar-refractivity contribution is 7.99. The number of ether oxygens (including phenoxy) is 2. The Labute approximate surface area is 78.2 Å². The van der Waals surface area contributed by atoms with Crippen molar-refractivity contribution in [3.8, 4) is 0 Å². The summed E-state index contributed by atoms with van der Waals surface area (Å²) in [6.07, 6.45) is 0. The highest BCUT2D eigenvalue weighted by atomic mass is 32.2. The molecule has 2 aliphatic heterocycles. The van der Waals surface area contributed by atoms with Crippen molar-refractivity contribution < 1.29 is 9.47 Å². The van der Waals surface area contributed by atoms with Crippen molar-refractivity contribution in [1.29, 1.82) is 0 Å². The summed E-state index contributed by atoms with van der Waals surface area (Å²) in [5, 5.41) is 3.26. The van der Waals surface area contributed by atoms with Gasteiger partial charge in [-0.1, -0.05) is 0 Å². The minimum atomic E-state index is 0.778. The van der Waals surface area contributed by atoms with Crippen LogP contribution in [0.15, 0.2) is 0 Å². The van der Waals surface area contributed by atoms with Crippen molar-refractivity contribution in [2.45, 2.75) is 0 Å². The van der Waals surface area contributed by atoms with Gasteiger partial charge in [-0.3, -0.25) is 0 Å². The summed E-state index contributed by atoms with van der Waals surface area (Å²) in [6.45, 7) is 5.54. The Kier molecular flexibility index (Phi) is 6.75. The first-order valence-corrected chi connectivity index (χ1v) is 5.59. The van der Waals surface area contributed by atoms with Crippen molar-refractivity contribution in [3.05, 3.63) is 0 Å². The molecule has 0 aromatic carbocycles. The molecule has 0 saturated carbocycles. The molecule has 0 spiro atoms. The molecular formula is C8H17NO2S. The molecule has 0 atom stereocenters. The van der Waals surface area contributed by atoms with Gasteiger partial charge in [0.1, 0.15) is 0 Å². The van der Waals surface area contributed by atoms with Crippen LogP contribution in [0, 0.1) is 0 Å². The van der Waals surface area contributed by atoms with Crippen LogP contribution in [0.4, 0.5) is 0 Å². The lowest BCUT2D eigenvalue weighted by atomic mass is 10.6. The Morgan fingerprint density at radius 3 is 1.50 bits per heavy atom. The molecule has 0 unspecified atom stereocenters. The van der Waals surface area contributed by atoms with E-state index in [0.717, 1.165) is 26.4 Å². The fourth-order valence-corrected chi connectivity index (χ4v) is 1.74. The second-order valence-corrected chi connectivity index (χ2v) is 3.81. The van der Waals surface area contributed by atoms with Gasteiger partial charge in [0.2, 0.25) is 0 Å². The molecule has 72 valence electrons. The quantitative estimate of drug-likeness (QED) is 0.599. The molecule has 0 aromatic rings. The van der Waals surface area contributed by atoms with Gasteiger partial charge in [0, 0.05) is 24.6 Å². The number of hydrogen-bond acceptors (Lipinski definition) is 4. The molecule has 0 amide bonds. The predicted molar refractivity (Wildman–Crippen MR) is 51.8 cm³/mol. The lowest BCUT2D eigenvalue weighted by molar-refractivity contribution is -0.0334. The summed E-state index contributed by atoms with van der Waals surface area (Å²) < 4.78 is 9.89. The summed E-state index contributed by atoms with van der Waals surface area (Å²) in [5.41, 5.74) is 0. The second-order valence-electron chi connectivity index (χ2n) is 2.59. The number of nitrogens with one attached hydrogen (secondary N) is 1. The fourth-order valence-electron chi connectivity index (χ4n) is 0.956. The number of hydrogen-bond donors (Lipinski definition) is 1. The van der Waals surface area contributed by atoms with E-state index in [2.05, 4.69) is 5.32 Å². The Hall–Kier alpha value is 0.230. The topological polar surface area (TPSA) is 30.5 Å². The van der Waals surface area contributed by atoms with Gasteiger partial charge < -0.3 is 14.8 Å². The number of rotatable bonds is 0. The summed E-state index contributed by atoms with van der Waals surface area (Å²) in [5.74, 6) is 2.61. The summed E-state index contributed by atoms with van der Waals surface area (Å²) in [4.78, 5) is 0. The first kappa shape index (κ1) is 10.3. The molecule has 12 heavy (non-hydrogen) atoms. The summed E-state index contributed by atoms with van der Waals surface area (Å²) in [7, 11) is 0. The van der Waals surface area contributed by atoms with Crippen LogP contribution in [0.1, 0.15) is 0 Å². The van der Waals surface area contributed by atoms with Crippen LogP contribution in [-0.2, 0) is 9.47 Å². The van der Waals surface area contributed by atoms with Crippen LogP contribution in [-0.4, -0.2) is 51.0 Å². The Morgan fingerprint density at radius 1 is 0.833 bits per heavy atom. The van der Waals surface area contributed by atoms with E-state index in [-0.39, 0.29) is 0 Å². The molecule has 2 heterocycles. The third kappa shape index (κ3) is 5.83. The Bertz CT molecular complexity index is 60.0. The van der Waals surface area contributed by atoms with E-state index in [1.54, 1.807) is 0 Å². The molecule has 3 nitrogen and oxygen atoms in total. The summed E-state index contributed by atoms with van der Waals surface area (Å²) in [6, 6.07) is 0. The van der Waals surface area contributed by atoms with E-state index in [1.807, 2.05) is 11.8 Å². The highest BCUT2D eigenvalue weighted by Crippen LogP contribution is 1.99. The minimum Gasteiger partial charge on any atom is -0.377 e. The molecule has 0 aromatic heterocycles. The molecule has 2 saturated heterocycles. The first-order valence-electron chi connectivity index (χ1n) is 4.44. The van der Waals surface area contributed by atoms with Crippen molar-refractivity contribution in [2.75, 3.05) is 51.0 Å². The average molecular weight is 191 g/mol. The molecule has 0 bridgehead atoms. The molecule has 2 fully saturated rings. The van der Waals surface area contributed by atoms with E-state index in [9.17, 15) is 0 Å². The van der Waals surface area contributed by atoms with Crippen molar-refractivity contribution in [1.82, 2.24) is 5.32 Å². The SMILES string of the molecule is C1COCCO1.C1CSCCN1. The van der Waals surface area contributed by atoms with E-state index in [0.29, 0.717) is 0 Å². The van der Waals surface area contributed by atoms with Crippen LogP contribution in [0.2, 0.25) is 0 Å². The maximum atomic E-state index is 4.94. The lowest BCUT2D eigenvalue weighted by Crippen LogP contribution is -2.24. The van der Waals surface area contributed by atoms with Crippen LogP contribution in [0.25, 0.3) is 0 Å². The van der Waals surface area contributed by atoms with Gasteiger partial charge in [-0.2, -0.15) is 11.8 Å². The van der Waals surface area contributed by atoms with E-state index in [4.69, 9.17) is 9.47 Å². The first-order chi connectivity index (χ1) is 6.00. The van der Waals surface area contributed by atoms with Gasteiger partial charge in [-0.25, -0.2) is 0 Å². The van der Waals surface area contributed by atoms with Gasteiger partial charge in [-0.05, 0) is 0 Å². The van der Waals surface area contributed by atoms with Crippen LogP contribution >= 0.6 is 11.8 Å². The zero-order valence-electron chi connectivity index (χ0n) is 7.38. The molecule has 2 aliphatic rings. The maximum Gasteiger partial charge on any atom is 0.0701 e. The fraction of sp³-hybridized carbons (Fsp3) is 1.00. The van der Waals surface area contributed by atoms with Crippen LogP contribution in [0.3, 0.4) is 0 Å². The van der Waals surface area contributed by atoms with Gasteiger partial charge in [0.25, 0.3) is 0 Å². The molecule has 4 heteroatoms. The standard InChI is InChI=1S/C4H9NS.C4H8O2/c1-3-6-4-2-5-1;1-2-6-4-3-5-1/h5H,1-4H2;1-4H2. The third-order valence-corrected chi connectivity index (χ3v) is 2.58. The van der Waals surface area contributed by atoms with Gasteiger partial charge in [-0.15, -0.1) is 0 Å². The van der Waals surface area contributed by atoms with E-state index in [1.165, 1.54) is 24.6 Å². The third-order valence-electron chi connectivity index (χ3n) is 1.59.